The number of rotatable bonds is 11. The Labute approximate surface area is 202 Å². The predicted octanol–water partition coefficient (Wildman–Crippen LogP) is 3.50. The number of ether oxygens (including phenoxy) is 1. The van der Waals surface area contributed by atoms with E-state index in [0.29, 0.717) is 17.7 Å². The molecule has 0 saturated heterocycles. The Kier molecular flexibility index (Phi) is 11.3. The number of phenolic OH excluding ortho intramolecular Hbond substituents is 1. The van der Waals surface area contributed by atoms with Crippen molar-refractivity contribution in [3.05, 3.63) is 42.0 Å². The van der Waals surface area contributed by atoms with Crippen LogP contribution in [0.3, 0.4) is 0 Å². The van der Waals surface area contributed by atoms with Gasteiger partial charge >= 0.3 is 6.09 Å². The first kappa shape index (κ1) is 28.4. The van der Waals surface area contributed by atoms with Crippen molar-refractivity contribution in [2.24, 2.45) is 0 Å². The van der Waals surface area contributed by atoms with Gasteiger partial charge in [-0.3, -0.25) is 9.59 Å². The Morgan fingerprint density at radius 3 is 2.48 bits per heavy atom. The summed E-state index contributed by atoms with van der Waals surface area (Å²) in [7, 11) is 0. The molecule has 184 valence electrons. The molecular formula is C24H37N3O5S. The van der Waals surface area contributed by atoms with Gasteiger partial charge in [0.2, 0.25) is 11.8 Å². The molecule has 1 aromatic carbocycles. The highest BCUT2D eigenvalue weighted by molar-refractivity contribution is 7.80. The number of carbonyl (C=O) groups is 3. The van der Waals surface area contributed by atoms with E-state index in [1.54, 1.807) is 39.8 Å². The fraction of sp³-hybridized carbons (Fsp3) is 0.542. The van der Waals surface area contributed by atoms with Crippen LogP contribution in [0.4, 0.5) is 4.79 Å². The Morgan fingerprint density at radius 1 is 1.30 bits per heavy atom. The molecule has 1 rings (SSSR count). The van der Waals surface area contributed by atoms with Crippen molar-refractivity contribution in [2.45, 2.75) is 65.1 Å². The van der Waals surface area contributed by atoms with Gasteiger partial charge < -0.3 is 25.4 Å². The number of thiol groups is 1. The fourth-order valence-electron chi connectivity index (χ4n) is 3.10. The lowest BCUT2D eigenvalue weighted by molar-refractivity contribution is -0.141. The number of hydrogen-bond acceptors (Lipinski definition) is 6. The van der Waals surface area contributed by atoms with Crippen LogP contribution in [0.25, 0.3) is 0 Å². The molecule has 9 heteroatoms. The molecule has 0 saturated carbocycles. The van der Waals surface area contributed by atoms with E-state index in [4.69, 9.17) is 4.74 Å². The molecule has 0 fully saturated rings. The Balaban J connectivity index is 3.33. The molecule has 0 spiro atoms. The normalized spacial score (nSPS) is 12.9. The highest BCUT2D eigenvalue weighted by atomic mass is 32.1. The third kappa shape index (κ3) is 9.00. The van der Waals surface area contributed by atoms with Crippen LogP contribution < -0.4 is 10.6 Å². The van der Waals surface area contributed by atoms with E-state index < -0.39 is 29.7 Å². The summed E-state index contributed by atoms with van der Waals surface area (Å²) in [6, 6.07) is 2.75. The summed E-state index contributed by atoms with van der Waals surface area (Å²) in [6.07, 6.45) is 2.46. The Morgan fingerprint density at radius 2 is 1.97 bits per heavy atom. The molecule has 8 nitrogen and oxygen atoms in total. The lowest BCUT2D eigenvalue weighted by Gasteiger charge is -2.33. The first-order valence-corrected chi connectivity index (χ1v) is 11.7. The van der Waals surface area contributed by atoms with Crippen molar-refractivity contribution in [1.82, 2.24) is 15.5 Å². The molecule has 2 atom stereocenters. The predicted molar refractivity (Wildman–Crippen MR) is 132 cm³/mol. The van der Waals surface area contributed by atoms with Gasteiger partial charge in [0.1, 0.15) is 23.4 Å². The minimum atomic E-state index is -1.02. The first-order valence-electron chi connectivity index (χ1n) is 11.0. The monoisotopic (exact) mass is 479 g/mol. The second-order valence-electron chi connectivity index (χ2n) is 8.75. The zero-order valence-electron chi connectivity index (χ0n) is 20.2. The molecule has 1 aromatic rings. The van der Waals surface area contributed by atoms with Crippen LogP contribution in [-0.2, 0) is 14.3 Å². The lowest BCUT2D eigenvalue weighted by Crippen LogP contribution is -2.53. The van der Waals surface area contributed by atoms with Crippen LogP contribution in [0.15, 0.2) is 30.9 Å². The fourth-order valence-corrected chi connectivity index (χ4v) is 3.35. The van der Waals surface area contributed by atoms with Gasteiger partial charge in [0, 0.05) is 18.8 Å². The summed E-state index contributed by atoms with van der Waals surface area (Å²) in [4.78, 5) is 40.3. The van der Waals surface area contributed by atoms with Crippen LogP contribution in [0.2, 0.25) is 0 Å². The quantitative estimate of drug-likeness (QED) is 0.221. The molecular weight excluding hydrogens is 442 g/mol. The largest absolute Gasteiger partial charge is 0.508 e. The number of nitrogens with one attached hydrogen (secondary N) is 2. The van der Waals surface area contributed by atoms with Crippen LogP contribution in [0, 0.1) is 6.92 Å². The molecule has 0 aliphatic carbocycles. The van der Waals surface area contributed by atoms with Gasteiger partial charge in [0.15, 0.2) is 0 Å². The molecule has 0 radical (unpaired) electrons. The number of phenols is 1. The topological polar surface area (TPSA) is 108 Å². The molecule has 3 amide bonds. The van der Waals surface area contributed by atoms with Crippen molar-refractivity contribution in [2.75, 3.05) is 18.8 Å². The van der Waals surface area contributed by atoms with Gasteiger partial charge in [0.05, 0.1) is 0 Å². The van der Waals surface area contributed by atoms with E-state index in [2.05, 4.69) is 29.8 Å². The number of hydrogen-bond donors (Lipinski definition) is 4. The van der Waals surface area contributed by atoms with Crippen molar-refractivity contribution in [3.8, 4) is 5.75 Å². The standard InChI is InChI=1S/C24H37N3O5S/c1-7-9-12-25-21(29)20(17-10-11-19(28)16(3)14-17)27(13-8-2)22(30)18(15-33)26-23(31)32-24(4,5)6/h8,10-11,14,18,20,28,33H,2,7,9,12-13,15H2,1,3-6H3,(H,25,29)(H,26,31). The number of aryl methyl sites for hydroxylation is 1. The van der Waals surface area contributed by atoms with E-state index in [-0.39, 0.29) is 24.0 Å². The first-order chi connectivity index (χ1) is 15.4. The van der Waals surface area contributed by atoms with Crippen molar-refractivity contribution in [1.29, 1.82) is 0 Å². The van der Waals surface area contributed by atoms with Gasteiger partial charge in [-0.1, -0.05) is 25.5 Å². The van der Waals surface area contributed by atoms with Gasteiger partial charge in [-0.25, -0.2) is 4.79 Å². The molecule has 33 heavy (non-hydrogen) atoms. The summed E-state index contributed by atoms with van der Waals surface area (Å²) in [6.45, 7) is 13.1. The van der Waals surface area contributed by atoms with Crippen LogP contribution in [-0.4, -0.2) is 58.4 Å². The summed E-state index contributed by atoms with van der Waals surface area (Å²) >= 11 is 4.23. The lowest BCUT2D eigenvalue weighted by atomic mass is 10.0. The molecule has 0 aliphatic rings. The summed E-state index contributed by atoms with van der Waals surface area (Å²) in [5.41, 5.74) is 0.368. The second-order valence-corrected chi connectivity index (χ2v) is 9.12. The summed E-state index contributed by atoms with van der Waals surface area (Å²) < 4.78 is 5.26. The second kappa shape index (κ2) is 13.1. The summed E-state index contributed by atoms with van der Waals surface area (Å²) in [5.74, 6) is -0.772. The Hall–Kier alpha value is -2.68. The number of unbranched alkanes of at least 4 members (excludes halogenated alkanes) is 1. The van der Waals surface area contributed by atoms with Crippen molar-refractivity contribution >= 4 is 30.5 Å². The highest BCUT2D eigenvalue weighted by Crippen LogP contribution is 2.27. The van der Waals surface area contributed by atoms with E-state index in [0.717, 1.165) is 12.8 Å². The summed E-state index contributed by atoms with van der Waals surface area (Å²) in [5, 5.41) is 15.4. The number of amides is 3. The van der Waals surface area contributed by atoms with Crippen molar-refractivity contribution < 1.29 is 24.2 Å². The van der Waals surface area contributed by atoms with E-state index in [9.17, 15) is 19.5 Å². The molecule has 0 heterocycles. The zero-order chi connectivity index (χ0) is 25.2. The Bertz CT molecular complexity index is 838. The number of alkyl carbamates (subject to hydrolysis) is 1. The molecule has 2 unspecified atom stereocenters. The molecule has 3 N–H and O–H groups in total. The van der Waals surface area contributed by atoms with E-state index >= 15 is 0 Å². The smallest absolute Gasteiger partial charge is 0.408 e. The third-order valence-corrected chi connectivity index (χ3v) is 5.07. The van der Waals surface area contributed by atoms with Crippen LogP contribution in [0.1, 0.15) is 57.7 Å². The van der Waals surface area contributed by atoms with Gasteiger partial charge in [-0.05, 0) is 57.4 Å². The van der Waals surface area contributed by atoms with E-state index in [1.165, 1.54) is 17.0 Å². The van der Waals surface area contributed by atoms with Crippen molar-refractivity contribution in [3.63, 3.8) is 0 Å². The van der Waals surface area contributed by atoms with E-state index in [1.807, 2.05) is 6.92 Å². The van der Waals surface area contributed by atoms with Crippen LogP contribution in [0.5, 0.6) is 5.75 Å². The number of carbonyl (C=O) groups excluding carboxylic acids is 3. The maximum atomic E-state index is 13.5. The van der Waals surface area contributed by atoms with Gasteiger partial charge in [-0.15, -0.1) is 6.58 Å². The average Bonchev–Trinajstić information content (AvgIpc) is 2.72. The van der Waals surface area contributed by atoms with Gasteiger partial charge in [0.25, 0.3) is 0 Å². The van der Waals surface area contributed by atoms with Crippen LogP contribution >= 0.6 is 12.6 Å². The van der Waals surface area contributed by atoms with Gasteiger partial charge in [-0.2, -0.15) is 12.6 Å². The molecule has 0 aromatic heterocycles. The maximum Gasteiger partial charge on any atom is 0.408 e. The third-order valence-electron chi connectivity index (χ3n) is 4.71. The minimum absolute atomic E-state index is 0.00446. The minimum Gasteiger partial charge on any atom is -0.508 e. The SMILES string of the molecule is C=CCN(C(=O)C(CS)NC(=O)OC(C)(C)C)C(C(=O)NCCCC)c1ccc(O)c(C)c1. The number of nitrogens with zero attached hydrogens (tertiary/aromatic N) is 1. The number of aromatic hydroxyl groups is 1. The maximum absolute atomic E-state index is 13.5. The highest BCUT2D eigenvalue weighted by Gasteiger charge is 2.35. The molecule has 0 aliphatic heterocycles. The zero-order valence-corrected chi connectivity index (χ0v) is 21.1. The number of benzene rings is 1. The molecule has 0 bridgehead atoms. The average molecular weight is 480 g/mol.